The molecule has 1 heterocycles. The molecule has 0 aromatic carbocycles. The van der Waals surface area contributed by atoms with Crippen LogP contribution in [0.1, 0.15) is 25.8 Å². The number of oxime groups is 1. The van der Waals surface area contributed by atoms with E-state index in [0.717, 1.165) is 12.2 Å². The number of amidine groups is 1. The van der Waals surface area contributed by atoms with Crippen LogP contribution in [-0.2, 0) is 0 Å². The Bertz CT molecular complexity index is 493. The van der Waals surface area contributed by atoms with Crippen LogP contribution in [0.5, 0.6) is 0 Å². The fourth-order valence-electron chi connectivity index (χ4n) is 1.22. The van der Waals surface area contributed by atoms with Crippen molar-refractivity contribution in [2.45, 2.75) is 25.3 Å². The van der Waals surface area contributed by atoms with Crippen molar-refractivity contribution in [1.29, 1.82) is 0 Å². The molecule has 1 atom stereocenters. The zero-order chi connectivity index (χ0) is 14.4. The average Bonchev–Trinajstić information content (AvgIpc) is 2.43. The van der Waals surface area contributed by atoms with Crippen molar-refractivity contribution >= 4 is 23.3 Å². The molecule has 3 N–H and O–H groups in total. The second-order valence-corrected chi connectivity index (χ2v) is 5.12. The zero-order valence-corrected chi connectivity index (χ0v) is 11.6. The minimum Gasteiger partial charge on any atom is -0.409 e. The Balaban J connectivity index is 3.02. The second kappa shape index (κ2) is 6.93. The highest BCUT2D eigenvalue weighted by atomic mass is 32.2. The van der Waals surface area contributed by atoms with Crippen LogP contribution < -0.4 is 5.73 Å². The number of thioether (sulfide) groups is 1. The molecule has 104 valence electrons. The van der Waals surface area contributed by atoms with Crippen molar-refractivity contribution in [3.8, 4) is 0 Å². The summed E-state index contributed by atoms with van der Waals surface area (Å²) in [5.41, 5.74) is 5.48. The normalized spacial score (nSPS) is 13.3. The quantitative estimate of drug-likeness (QED) is 0.207. The topological polar surface area (TPSA) is 115 Å². The molecule has 1 rings (SSSR count). The molecule has 0 fully saturated rings. The summed E-state index contributed by atoms with van der Waals surface area (Å²) in [6.45, 7) is 4.14. The van der Waals surface area contributed by atoms with E-state index >= 15 is 0 Å². The standard InChI is InChI=1S/C11H16N4O3S/c1-3-7(2)6-19-11-9(15(17)18)4-8(5-13-11)10(12)14-16/h4-5,7,16H,3,6H2,1-2H3,(H2,12,14). The molecule has 0 saturated carbocycles. The molecule has 0 spiro atoms. The van der Waals surface area contributed by atoms with Crippen molar-refractivity contribution in [3.63, 3.8) is 0 Å². The fraction of sp³-hybridized carbons (Fsp3) is 0.455. The first-order valence-electron chi connectivity index (χ1n) is 5.74. The van der Waals surface area contributed by atoms with Gasteiger partial charge < -0.3 is 10.9 Å². The molecule has 1 unspecified atom stereocenters. The van der Waals surface area contributed by atoms with Gasteiger partial charge >= 0.3 is 5.69 Å². The molecule has 0 aliphatic rings. The van der Waals surface area contributed by atoms with E-state index < -0.39 is 4.92 Å². The monoisotopic (exact) mass is 284 g/mol. The molecule has 0 aliphatic carbocycles. The van der Waals surface area contributed by atoms with E-state index in [1.165, 1.54) is 24.0 Å². The smallest absolute Gasteiger partial charge is 0.302 e. The molecular formula is C11H16N4O3S. The highest BCUT2D eigenvalue weighted by Crippen LogP contribution is 2.29. The lowest BCUT2D eigenvalue weighted by atomic mass is 10.2. The Hall–Kier alpha value is -1.83. The van der Waals surface area contributed by atoms with Crippen molar-refractivity contribution in [3.05, 3.63) is 27.9 Å². The molecule has 7 nitrogen and oxygen atoms in total. The summed E-state index contributed by atoms with van der Waals surface area (Å²) in [5.74, 6) is 1.01. The Kier molecular flexibility index (Phi) is 5.56. The van der Waals surface area contributed by atoms with Crippen molar-refractivity contribution in [1.82, 2.24) is 4.98 Å². The van der Waals surface area contributed by atoms with Crippen LogP contribution in [0.25, 0.3) is 0 Å². The molecule has 19 heavy (non-hydrogen) atoms. The van der Waals surface area contributed by atoms with E-state index in [4.69, 9.17) is 10.9 Å². The maximum atomic E-state index is 11.0. The van der Waals surface area contributed by atoms with E-state index in [9.17, 15) is 10.1 Å². The predicted molar refractivity (Wildman–Crippen MR) is 73.6 cm³/mol. The van der Waals surface area contributed by atoms with E-state index in [1.54, 1.807) is 0 Å². The maximum Gasteiger partial charge on any atom is 0.302 e. The number of nitrogens with two attached hydrogens (primary N) is 1. The van der Waals surface area contributed by atoms with E-state index in [1.807, 2.05) is 0 Å². The van der Waals surface area contributed by atoms with Crippen LogP contribution >= 0.6 is 11.8 Å². The van der Waals surface area contributed by atoms with Crippen LogP contribution in [0, 0.1) is 16.0 Å². The molecule has 1 aromatic rings. The molecular weight excluding hydrogens is 268 g/mol. The van der Waals surface area contributed by atoms with Gasteiger partial charge in [-0.25, -0.2) is 4.98 Å². The van der Waals surface area contributed by atoms with Gasteiger partial charge in [-0.3, -0.25) is 10.1 Å². The van der Waals surface area contributed by atoms with Crippen LogP contribution in [0.15, 0.2) is 22.4 Å². The Morgan fingerprint density at radius 2 is 2.42 bits per heavy atom. The van der Waals surface area contributed by atoms with Crippen LogP contribution in [-0.4, -0.2) is 26.7 Å². The van der Waals surface area contributed by atoms with E-state index in [2.05, 4.69) is 24.0 Å². The summed E-state index contributed by atoms with van der Waals surface area (Å²) in [6.07, 6.45) is 2.37. The number of nitro groups is 1. The summed E-state index contributed by atoms with van der Waals surface area (Å²) in [6, 6.07) is 1.26. The van der Waals surface area contributed by atoms with Gasteiger partial charge in [0.1, 0.15) is 0 Å². The lowest BCUT2D eigenvalue weighted by molar-refractivity contribution is -0.388. The van der Waals surface area contributed by atoms with Gasteiger partial charge in [-0.05, 0) is 5.92 Å². The van der Waals surface area contributed by atoms with Gasteiger partial charge in [-0.1, -0.05) is 37.2 Å². The lowest BCUT2D eigenvalue weighted by Gasteiger charge is -2.08. The fourth-order valence-corrected chi connectivity index (χ4v) is 2.31. The largest absolute Gasteiger partial charge is 0.409 e. The SMILES string of the molecule is CCC(C)CSc1ncc(C(N)=NO)cc1[N+](=O)[O-]. The number of nitrogens with zero attached hydrogens (tertiary/aromatic N) is 3. The minimum atomic E-state index is -0.514. The molecule has 0 radical (unpaired) electrons. The van der Waals surface area contributed by atoms with Crippen LogP contribution in [0.2, 0.25) is 0 Å². The number of hydrogen-bond donors (Lipinski definition) is 2. The van der Waals surface area contributed by atoms with Crippen molar-refractivity contribution in [2.24, 2.45) is 16.8 Å². The van der Waals surface area contributed by atoms with Crippen LogP contribution in [0.3, 0.4) is 0 Å². The van der Waals surface area contributed by atoms with Gasteiger partial charge in [0.25, 0.3) is 0 Å². The summed E-state index contributed by atoms with van der Waals surface area (Å²) in [5, 5.41) is 22.7. The number of aromatic nitrogens is 1. The van der Waals surface area contributed by atoms with Gasteiger partial charge in [0.2, 0.25) is 0 Å². The third kappa shape index (κ3) is 4.09. The van der Waals surface area contributed by atoms with Gasteiger partial charge in [0.05, 0.1) is 4.92 Å². The summed E-state index contributed by atoms with van der Waals surface area (Å²) in [7, 11) is 0. The molecule has 8 heteroatoms. The van der Waals surface area contributed by atoms with Gasteiger partial charge in [-0.2, -0.15) is 0 Å². The van der Waals surface area contributed by atoms with Gasteiger partial charge in [0, 0.05) is 23.6 Å². The summed E-state index contributed by atoms with van der Waals surface area (Å²) in [4.78, 5) is 14.5. The Labute approximate surface area is 115 Å². The van der Waals surface area contributed by atoms with E-state index in [-0.39, 0.29) is 17.1 Å². The van der Waals surface area contributed by atoms with Gasteiger partial charge in [0.15, 0.2) is 10.9 Å². The second-order valence-electron chi connectivity index (χ2n) is 4.12. The third-order valence-corrected chi connectivity index (χ3v) is 3.96. The predicted octanol–water partition coefficient (Wildman–Crippen LogP) is 2.22. The highest BCUT2D eigenvalue weighted by Gasteiger charge is 2.18. The lowest BCUT2D eigenvalue weighted by Crippen LogP contribution is -2.14. The van der Waals surface area contributed by atoms with E-state index in [0.29, 0.717) is 10.9 Å². The first-order chi connectivity index (χ1) is 8.99. The molecule has 0 aliphatic heterocycles. The Morgan fingerprint density at radius 1 is 1.74 bits per heavy atom. The highest BCUT2D eigenvalue weighted by molar-refractivity contribution is 7.99. The van der Waals surface area contributed by atoms with Gasteiger partial charge in [-0.15, -0.1) is 0 Å². The third-order valence-electron chi connectivity index (χ3n) is 2.63. The summed E-state index contributed by atoms with van der Waals surface area (Å²) < 4.78 is 0. The van der Waals surface area contributed by atoms with Crippen molar-refractivity contribution in [2.75, 3.05) is 5.75 Å². The number of pyridine rings is 1. The molecule has 1 aromatic heterocycles. The average molecular weight is 284 g/mol. The maximum absolute atomic E-state index is 11.0. The zero-order valence-electron chi connectivity index (χ0n) is 10.7. The first kappa shape index (κ1) is 15.2. The molecule has 0 saturated heterocycles. The molecule has 0 amide bonds. The number of rotatable bonds is 6. The Morgan fingerprint density at radius 3 is 2.95 bits per heavy atom. The summed E-state index contributed by atoms with van der Waals surface area (Å²) >= 11 is 1.34. The minimum absolute atomic E-state index is 0.127. The van der Waals surface area contributed by atoms with Crippen molar-refractivity contribution < 1.29 is 10.1 Å². The van der Waals surface area contributed by atoms with Crippen LogP contribution in [0.4, 0.5) is 5.69 Å². The number of hydrogen-bond acceptors (Lipinski definition) is 6. The molecule has 0 bridgehead atoms. The first-order valence-corrected chi connectivity index (χ1v) is 6.73.